The summed E-state index contributed by atoms with van der Waals surface area (Å²) in [6.45, 7) is 6.15. The van der Waals surface area contributed by atoms with E-state index in [0.29, 0.717) is 23.4 Å². The van der Waals surface area contributed by atoms with Crippen LogP contribution in [0, 0.1) is 0 Å². The molecule has 22 heavy (non-hydrogen) atoms. The van der Waals surface area contributed by atoms with Crippen LogP contribution in [0.4, 0.5) is 5.82 Å². The van der Waals surface area contributed by atoms with E-state index in [-0.39, 0.29) is 5.56 Å². The maximum atomic E-state index is 12.2. The third-order valence-electron chi connectivity index (χ3n) is 3.66. The molecule has 7 nitrogen and oxygen atoms in total. The Morgan fingerprint density at radius 2 is 1.91 bits per heavy atom. The molecule has 0 saturated carbocycles. The van der Waals surface area contributed by atoms with Crippen molar-refractivity contribution in [2.75, 3.05) is 18.0 Å². The summed E-state index contributed by atoms with van der Waals surface area (Å²) >= 11 is 0. The SMILES string of the molecule is CCN(CC)c1n[nH]c(=O)c2c1nnn2Cc1ccccc1. The quantitative estimate of drug-likeness (QED) is 0.770. The van der Waals surface area contributed by atoms with E-state index in [2.05, 4.69) is 20.5 Å². The normalized spacial score (nSPS) is 11.0. The summed E-state index contributed by atoms with van der Waals surface area (Å²) in [6.07, 6.45) is 0. The van der Waals surface area contributed by atoms with E-state index < -0.39 is 0 Å². The van der Waals surface area contributed by atoms with E-state index in [1.807, 2.05) is 49.1 Å². The van der Waals surface area contributed by atoms with Crippen LogP contribution < -0.4 is 10.5 Å². The first-order chi connectivity index (χ1) is 10.7. The summed E-state index contributed by atoms with van der Waals surface area (Å²) in [5.41, 5.74) is 1.80. The maximum Gasteiger partial charge on any atom is 0.292 e. The highest BCUT2D eigenvalue weighted by Crippen LogP contribution is 2.19. The van der Waals surface area contributed by atoms with Gasteiger partial charge in [0.2, 0.25) is 0 Å². The fourth-order valence-corrected chi connectivity index (χ4v) is 2.51. The van der Waals surface area contributed by atoms with Gasteiger partial charge in [0.1, 0.15) is 0 Å². The first kappa shape index (κ1) is 14.2. The van der Waals surface area contributed by atoms with Crippen molar-refractivity contribution in [3.05, 3.63) is 46.2 Å². The zero-order valence-corrected chi connectivity index (χ0v) is 12.7. The van der Waals surface area contributed by atoms with Gasteiger partial charge >= 0.3 is 0 Å². The largest absolute Gasteiger partial charge is 0.354 e. The van der Waals surface area contributed by atoms with E-state index in [0.717, 1.165) is 18.7 Å². The minimum absolute atomic E-state index is 0.271. The van der Waals surface area contributed by atoms with Crippen LogP contribution in [0.3, 0.4) is 0 Å². The van der Waals surface area contributed by atoms with Gasteiger partial charge in [-0.05, 0) is 19.4 Å². The fourth-order valence-electron chi connectivity index (χ4n) is 2.51. The molecule has 0 aliphatic rings. The molecule has 0 bridgehead atoms. The summed E-state index contributed by atoms with van der Waals surface area (Å²) < 4.78 is 1.62. The van der Waals surface area contributed by atoms with Gasteiger partial charge in [0, 0.05) is 13.1 Å². The average molecular weight is 298 g/mol. The third-order valence-corrected chi connectivity index (χ3v) is 3.66. The summed E-state index contributed by atoms with van der Waals surface area (Å²) in [4.78, 5) is 14.2. The number of benzene rings is 1. The minimum Gasteiger partial charge on any atom is -0.354 e. The van der Waals surface area contributed by atoms with Gasteiger partial charge in [0.05, 0.1) is 6.54 Å². The maximum absolute atomic E-state index is 12.2. The third kappa shape index (κ3) is 2.45. The molecule has 0 atom stereocenters. The second-order valence-corrected chi connectivity index (χ2v) is 4.98. The molecule has 2 heterocycles. The lowest BCUT2D eigenvalue weighted by atomic mass is 10.2. The fraction of sp³-hybridized carbons (Fsp3) is 0.333. The smallest absolute Gasteiger partial charge is 0.292 e. The van der Waals surface area contributed by atoms with Gasteiger partial charge in [-0.1, -0.05) is 35.5 Å². The molecule has 0 aliphatic heterocycles. The monoisotopic (exact) mass is 298 g/mol. The van der Waals surface area contributed by atoms with Gasteiger partial charge in [-0.25, -0.2) is 9.78 Å². The molecule has 114 valence electrons. The summed E-state index contributed by atoms with van der Waals surface area (Å²) in [6, 6.07) is 9.86. The Hall–Kier alpha value is -2.70. The summed E-state index contributed by atoms with van der Waals surface area (Å²) in [5, 5.41) is 15.0. The minimum atomic E-state index is -0.271. The molecule has 2 aromatic heterocycles. The van der Waals surface area contributed by atoms with Crippen LogP contribution >= 0.6 is 0 Å². The van der Waals surface area contributed by atoms with Crippen LogP contribution in [0.5, 0.6) is 0 Å². The number of hydrogen-bond acceptors (Lipinski definition) is 5. The lowest BCUT2D eigenvalue weighted by molar-refractivity contribution is 0.667. The van der Waals surface area contributed by atoms with Crippen molar-refractivity contribution in [3.63, 3.8) is 0 Å². The zero-order chi connectivity index (χ0) is 15.5. The lowest BCUT2D eigenvalue weighted by Gasteiger charge is -2.18. The summed E-state index contributed by atoms with van der Waals surface area (Å²) in [5.74, 6) is 0.666. The molecule has 0 radical (unpaired) electrons. The molecular weight excluding hydrogens is 280 g/mol. The average Bonchev–Trinajstić information content (AvgIpc) is 2.96. The predicted molar refractivity (Wildman–Crippen MR) is 85.0 cm³/mol. The predicted octanol–water partition coefficient (Wildman–Crippen LogP) is 1.41. The van der Waals surface area contributed by atoms with Crippen LogP contribution in [0.2, 0.25) is 0 Å². The van der Waals surface area contributed by atoms with Gasteiger partial charge in [0.25, 0.3) is 5.56 Å². The molecule has 0 spiro atoms. The van der Waals surface area contributed by atoms with Crippen LogP contribution in [-0.2, 0) is 6.54 Å². The highest BCUT2D eigenvalue weighted by Gasteiger charge is 2.17. The summed E-state index contributed by atoms with van der Waals surface area (Å²) in [7, 11) is 0. The molecule has 0 amide bonds. The molecule has 7 heteroatoms. The van der Waals surface area contributed by atoms with E-state index in [4.69, 9.17) is 0 Å². The van der Waals surface area contributed by atoms with Crippen molar-refractivity contribution in [1.82, 2.24) is 25.2 Å². The standard InChI is InChI=1S/C15H18N6O/c1-3-20(4-2)14-12-13(15(22)18-17-14)21(19-16-12)10-11-8-6-5-7-9-11/h5-9H,3-4,10H2,1-2H3,(H,18,22). The van der Waals surface area contributed by atoms with E-state index >= 15 is 0 Å². The number of hydrogen-bond donors (Lipinski definition) is 1. The van der Waals surface area contributed by atoms with Gasteiger partial charge < -0.3 is 4.90 Å². The Morgan fingerprint density at radius 1 is 1.18 bits per heavy atom. The van der Waals surface area contributed by atoms with Crippen LogP contribution in [-0.4, -0.2) is 38.3 Å². The van der Waals surface area contributed by atoms with Crippen LogP contribution in [0.15, 0.2) is 35.1 Å². The van der Waals surface area contributed by atoms with Crippen molar-refractivity contribution in [3.8, 4) is 0 Å². The first-order valence-electron chi connectivity index (χ1n) is 7.35. The van der Waals surface area contributed by atoms with E-state index in [1.54, 1.807) is 4.68 Å². The lowest BCUT2D eigenvalue weighted by Crippen LogP contribution is -2.25. The molecule has 0 saturated heterocycles. The molecular formula is C15H18N6O. The Bertz CT molecular complexity index is 819. The van der Waals surface area contributed by atoms with Crippen LogP contribution in [0.1, 0.15) is 19.4 Å². The topological polar surface area (TPSA) is 79.7 Å². The number of nitrogens with one attached hydrogen (secondary N) is 1. The first-order valence-corrected chi connectivity index (χ1v) is 7.35. The van der Waals surface area contributed by atoms with Crippen molar-refractivity contribution in [2.24, 2.45) is 0 Å². The Morgan fingerprint density at radius 3 is 2.59 bits per heavy atom. The molecule has 3 aromatic rings. The van der Waals surface area contributed by atoms with Gasteiger partial charge in [-0.2, -0.15) is 5.10 Å². The Balaban J connectivity index is 2.10. The Kier molecular flexibility index (Phi) is 3.86. The van der Waals surface area contributed by atoms with Gasteiger partial charge in [0.15, 0.2) is 16.9 Å². The number of fused-ring (bicyclic) bond motifs is 1. The van der Waals surface area contributed by atoms with Gasteiger partial charge in [-0.15, -0.1) is 5.10 Å². The molecule has 1 N–H and O–H groups in total. The molecule has 0 fully saturated rings. The molecule has 0 aliphatic carbocycles. The zero-order valence-electron chi connectivity index (χ0n) is 12.7. The van der Waals surface area contributed by atoms with Crippen LogP contribution in [0.25, 0.3) is 11.0 Å². The second-order valence-electron chi connectivity index (χ2n) is 4.98. The number of H-pyrrole nitrogens is 1. The number of rotatable bonds is 5. The van der Waals surface area contributed by atoms with E-state index in [9.17, 15) is 4.79 Å². The highest BCUT2D eigenvalue weighted by atomic mass is 16.1. The van der Waals surface area contributed by atoms with Crippen molar-refractivity contribution in [2.45, 2.75) is 20.4 Å². The van der Waals surface area contributed by atoms with Crippen molar-refractivity contribution >= 4 is 16.9 Å². The van der Waals surface area contributed by atoms with Crippen molar-refractivity contribution < 1.29 is 0 Å². The number of aromatic nitrogens is 5. The van der Waals surface area contributed by atoms with Crippen molar-refractivity contribution in [1.29, 1.82) is 0 Å². The number of nitrogens with zero attached hydrogens (tertiary/aromatic N) is 5. The Labute approximate surface area is 127 Å². The second kappa shape index (κ2) is 5.97. The highest BCUT2D eigenvalue weighted by molar-refractivity contribution is 5.84. The molecule has 1 aromatic carbocycles. The molecule has 3 rings (SSSR count). The number of anilines is 1. The van der Waals surface area contributed by atoms with Gasteiger partial charge in [-0.3, -0.25) is 4.79 Å². The molecule has 0 unspecified atom stereocenters. The van der Waals surface area contributed by atoms with E-state index in [1.165, 1.54) is 0 Å². The number of aromatic amines is 1.